The van der Waals surface area contributed by atoms with Crippen LogP contribution in [0.4, 0.5) is 5.69 Å². The second-order valence-corrected chi connectivity index (χ2v) is 7.19. The van der Waals surface area contributed by atoms with Crippen molar-refractivity contribution < 1.29 is 0 Å². The maximum atomic E-state index is 8.85. The predicted octanol–water partition coefficient (Wildman–Crippen LogP) is 5.43. The largest absolute Gasteiger partial charge is 0.378 e. The first-order valence-electron chi connectivity index (χ1n) is 8.84. The second-order valence-electron chi connectivity index (χ2n) is 7.19. The van der Waals surface area contributed by atoms with E-state index in [4.69, 9.17) is 5.41 Å². The summed E-state index contributed by atoms with van der Waals surface area (Å²) in [4.78, 5) is 2.13. The molecule has 0 atom stereocenters. The standard InChI is InChI=1S/C21H28N2/c1-15-9-10-17(13-15)19-12-11-18(23(2)3)14-20(19)21(22)16-7-5-4-6-8-16/h9,11-14,16,22H,4-8,10H2,1-3H3. The highest BCUT2D eigenvalue weighted by Gasteiger charge is 2.23. The second kappa shape index (κ2) is 6.74. The molecule has 0 aromatic heterocycles. The van der Waals surface area contributed by atoms with Gasteiger partial charge in [0.15, 0.2) is 0 Å². The van der Waals surface area contributed by atoms with Gasteiger partial charge in [0.2, 0.25) is 0 Å². The van der Waals surface area contributed by atoms with Crippen molar-refractivity contribution in [2.75, 3.05) is 19.0 Å². The van der Waals surface area contributed by atoms with Crippen molar-refractivity contribution in [3.05, 3.63) is 47.1 Å². The van der Waals surface area contributed by atoms with Crippen LogP contribution in [0.5, 0.6) is 0 Å². The van der Waals surface area contributed by atoms with E-state index in [-0.39, 0.29) is 0 Å². The normalized spacial score (nSPS) is 18.6. The zero-order valence-electron chi connectivity index (χ0n) is 14.7. The lowest BCUT2D eigenvalue weighted by Crippen LogP contribution is -2.20. The highest BCUT2D eigenvalue weighted by molar-refractivity contribution is 6.05. The van der Waals surface area contributed by atoms with Crippen LogP contribution in [0.1, 0.15) is 56.6 Å². The average molecular weight is 308 g/mol. The zero-order valence-corrected chi connectivity index (χ0v) is 14.7. The number of hydrogen-bond donors (Lipinski definition) is 1. The van der Waals surface area contributed by atoms with Crippen LogP contribution < -0.4 is 4.90 Å². The Morgan fingerprint density at radius 3 is 2.48 bits per heavy atom. The number of rotatable bonds is 4. The van der Waals surface area contributed by atoms with Gasteiger partial charge in [0.1, 0.15) is 0 Å². The lowest BCUT2D eigenvalue weighted by molar-refractivity contribution is 0.438. The quantitative estimate of drug-likeness (QED) is 0.737. The average Bonchev–Trinajstić information content (AvgIpc) is 3.00. The van der Waals surface area contributed by atoms with E-state index in [1.807, 2.05) is 0 Å². The first kappa shape index (κ1) is 16.0. The summed E-state index contributed by atoms with van der Waals surface area (Å²) in [6.07, 6.45) is 11.8. The Hall–Kier alpha value is -1.83. The van der Waals surface area contributed by atoms with Crippen molar-refractivity contribution in [1.82, 2.24) is 0 Å². The molecule has 1 aromatic carbocycles. The Kier molecular flexibility index (Phi) is 4.70. The number of benzene rings is 1. The van der Waals surface area contributed by atoms with Gasteiger partial charge < -0.3 is 10.3 Å². The summed E-state index contributed by atoms with van der Waals surface area (Å²) in [5.74, 6) is 0.441. The van der Waals surface area contributed by atoms with E-state index in [0.717, 1.165) is 17.7 Å². The molecule has 1 aromatic rings. The Morgan fingerprint density at radius 1 is 1.13 bits per heavy atom. The van der Waals surface area contributed by atoms with Crippen LogP contribution in [0, 0.1) is 11.3 Å². The van der Waals surface area contributed by atoms with E-state index in [1.54, 1.807) is 0 Å². The van der Waals surface area contributed by atoms with Crippen molar-refractivity contribution in [3.63, 3.8) is 0 Å². The van der Waals surface area contributed by atoms with Crippen LogP contribution in [-0.4, -0.2) is 19.8 Å². The molecule has 1 fully saturated rings. The molecule has 3 rings (SSSR count). The van der Waals surface area contributed by atoms with Crippen LogP contribution in [0.15, 0.2) is 35.9 Å². The summed E-state index contributed by atoms with van der Waals surface area (Å²) in [6, 6.07) is 6.63. The lowest BCUT2D eigenvalue weighted by atomic mass is 9.81. The third-order valence-electron chi connectivity index (χ3n) is 5.21. The van der Waals surface area contributed by atoms with Crippen molar-refractivity contribution in [2.45, 2.75) is 45.4 Å². The summed E-state index contributed by atoms with van der Waals surface area (Å²) in [5.41, 5.74) is 7.16. The SMILES string of the molecule is CC1=CCC(c2ccc(N(C)C)cc2C(=N)C2CCCCC2)=C1. The van der Waals surface area contributed by atoms with Gasteiger partial charge in [0.25, 0.3) is 0 Å². The van der Waals surface area contributed by atoms with Crippen molar-refractivity contribution in [1.29, 1.82) is 5.41 Å². The third kappa shape index (κ3) is 3.41. The molecular weight excluding hydrogens is 280 g/mol. The molecule has 1 saturated carbocycles. The summed E-state index contributed by atoms with van der Waals surface area (Å²) in [6.45, 7) is 2.16. The van der Waals surface area contributed by atoms with Crippen molar-refractivity contribution >= 4 is 17.0 Å². The Morgan fingerprint density at radius 2 is 1.87 bits per heavy atom. The van der Waals surface area contributed by atoms with E-state index in [0.29, 0.717) is 5.92 Å². The zero-order chi connectivity index (χ0) is 16.4. The molecule has 0 spiro atoms. The third-order valence-corrected chi connectivity index (χ3v) is 5.21. The molecule has 0 heterocycles. The molecule has 0 radical (unpaired) electrons. The van der Waals surface area contributed by atoms with Crippen LogP contribution >= 0.6 is 0 Å². The van der Waals surface area contributed by atoms with Gasteiger partial charge in [-0.2, -0.15) is 0 Å². The van der Waals surface area contributed by atoms with Gasteiger partial charge in [-0.05, 0) is 49.5 Å². The maximum absolute atomic E-state index is 8.85. The summed E-state index contributed by atoms with van der Waals surface area (Å²) in [7, 11) is 4.15. The Balaban J connectivity index is 1.99. The van der Waals surface area contributed by atoms with Gasteiger partial charge in [-0.15, -0.1) is 0 Å². The van der Waals surface area contributed by atoms with Gasteiger partial charge >= 0.3 is 0 Å². The number of hydrogen-bond acceptors (Lipinski definition) is 2. The summed E-state index contributed by atoms with van der Waals surface area (Å²) in [5, 5.41) is 8.85. The fourth-order valence-corrected chi connectivity index (χ4v) is 3.78. The highest BCUT2D eigenvalue weighted by Crippen LogP contribution is 2.35. The van der Waals surface area contributed by atoms with Crippen molar-refractivity contribution in [3.8, 4) is 0 Å². The first-order chi connectivity index (χ1) is 11.1. The molecule has 0 unspecified atom stereocenters. The Bertz CT molecular complexity index is 658. The molecule has 2 aliphatic carbocycles. The highest BCUT2D eigenvalue weighted by atomic mass is 15.1. The molecule has 2 aliphatic rings. The molecule has 23 heavy (non-hydrogen) atoms. The van der Waals surface area contributed by atoms with Gasteiger partial charge in [0.05, 0.1) is 0 Å². The molecular formula is C21H28N2. The van der Waals surface area contributed by atoms with E-state index in [2.05, 4.69) is 56.3 Å². The van der Waals surface area contributed by atoms with Gasteiger partial charge in [0, 0.05) is 37.0 Å². The monoisotopic (exact) mass is 308 g/mol. The fourth-order valence-electron chi connectivity index (χ4n) is 3.78. The van der Waals surface area contributed by atoms with E-state index in [9.17, 15) is 0 Å². The minimum absolute atomic E-state index is 0.441. The van der Waals surface area contributed by atoms with Crippen LogP contribution in [0.25, 0.3) is 5.57 Å². The smallest absolute Gasteiger partial charge is 0.0423 e. The van der Waals surface area contributed by atoms with Gasteiger partial charge in [-0.3, -0.25) is 0 Å². The molecule has 0 aliphatic heterocycles. The van der Waals surface area contributed by atoms with Gasteiger partial charge in [-0.1, -0.05) is 43.1 Å². The van der Waals surface area contributed by atoms with E-state index < -0.39 is 0 Å². The van der Waals surface area contributed by atoms with Gasteiger partial charge in [-0.25, -0.2) is 0 Å². The predicted molar refractivity (Wildman–Crippen MR) is 101 cm³/mol. The number of nitrogens with zero attached hydrogens (tertiary/aromatic N) is 1. The molecule has 0 amide bonds. The fraction of sp³-hybridized carbons (Fsp3) is 0.476. The first-order valence-corrected chi connectivity index (χ1v) is 8.84. The lowest BCUT2D eigenvalue weighted by Gasteiger charge is -2.25. The molecule has 2 nitrogen and oxygen atoms in total. The molecule has 1 N–H and O–H groups in total. The molecule has 122 valence electrons. The summed E-state index contributed by atoms with van der Waals surface area (Å²) < 4.78 is 0. The van der Waals surface area contributed by atoms with Crippen LogP contribution in [-0.2, 0) is 0 Å². The maximum Gasteiger partial charge on any atom is 0.0423 e. The van der Waals surface area contributed by atoms with Crippen molar-refractivity contribution in [2.24, 2.45) is 5.92 Å². The van der Waals surface area contributed by atoms with E-state index in [1.165, 1.54) is 54.5 Å². The minimum Gasteiger partial charge on any atom is -0.378 e. The summed E-state index contributed by atoms with van der Waals surface area (Å²) >= 11 is 0. The number of nitrogens with one attached hydrogen (secondary N) is 1. The molecule has 2 heteroatoms. The number of allylic oxidation sites excluding steroid dienone is 4. The van der Waals surface area contributed by atoms with Crippen LogP contribution in [0.3, 0.4) is 0 Å². The minimum atomic E-state index is 0.441. The molecule has 0 bridgehead atoms. The van der Waals surface area contributed by atoms with Crippen LogP contribution in [0.2, 0.25) is 0 Å². The topological polar surface area (TPSA) is 27.1 Å². The Labute approximate surface area is 140 Å². The van der Waals surface area contributed by atoms with E-state index >= 15 is 0 Å². The molecule has 0 saturated heterocycles. The number of anilines is 1.